The lowest BCUT2D eigenvalue weighted by atomic mass is 9.99. The number of aliphatic hydroxyl groups excluding tert-OH is 1. The zero-order chi connectivity index (χ0) is 15.2. The van der Waals surface area contributed by atoms with Gasteiger partial charge in [-0.25, -0.2) is 0 Å². The van der Waals surface area contributed by atoms with Crippen molar-refractivity contribution in [2.75, 3.05) is 18.1 Å². The molecule has 0 bridgehead atoms. The van der Waals surface area contributed by atoms with E-state index in [1.165, 1.54) is 0 Å². The van der Waals surface area contributed by atoms with Gasteiger partial charge in [0.15, 0.2) is 0 Å². The van der Waals surface area contributed by atoms with Crippen LogP contribution in [0.5, 0.6) is 0 Å². The number of hydrogen-bond acceptors (Lipinski definition) is 6. The molecule has 0 spiro atoms. The third-order valence-electron chi connectivity index (χ3n) is 1.88. The molecular weight excluding hydrogens is 280 g/mol. The summed E-state index contributed by atoms with van der Waals surface area (Å²) in [5.74, 6) is -1.93. The van der Waals surface area contributed by atoms with Crippen LogP contribution in [-0.2, 0) is 9.59 Å². The van der Waals surface area contributed by atoms with Crippen molar-refractivity contribution in [1.82, 2.24) is 0 Å². The van der Waals surface area contributed by atoms with Crippen LogP contribution in [0.1, 0.15) is 26.7 Å². The molecule has 0 saturated heterocycles. The molecule has 0 aliphatic carbocycles. The molecule has 4 N–H and O–H groups in total. The molecule has 0 aromatic rings. The molecule has 0 amide bonds. The summed E-state index contributed by atoms with van der Waals surface area (Å²) < 4.78 is 0. The van der Waals surface area contributed by atoms with Crippen molar-refractivity contribution in [3.63, 3.8) is 0 Å². The summed E-state index contributed by atoms with van der Waals surface area (Å²) in [5, 5.41) is 33.0. The third-order valence-corrected chi connectivity index (χ3v) is 2.42. The fourth-order valence-corrected chi connectivity index (χ4v) is 0.474. The van der Waals surface area contributed by atoms with Crippen molar-refractivity contribution in [3.8, 4) is 0 Å². The van der Waals surface area contributed by atoms with Crippen LogP contribution in [0.3, 0.4) is 0 Å². The average Bonchev–Trinajstić information content (AvgIpc) is 2.39. The van der Waals surface area contributed by atoms with E-state index >= 15 is 0 Å². The Morgan fingerprint density at radius 2 is 1.22 bits per heavy atom. The normalized spacial score (nSPS) is 9.44. The Kier molecular flexibility index (Phi) is 18.5. The molecule has 8 heteroatoms. The number of thiol groups is 2. The van der Waals surface area contributed by atoms with E-state index in [4.69, 9.17) is 15.3 Å². The smallest absolute Gasteiger partial charge is 0.313 e. The molecule has 18 heavy (non-hydrogen) atoms. The maximum Gasteiger partial charge on any atom is 0.313 e. The SMILES string of the molecule is CCC(O)(CC)CO.O=C(O)CS.O=C(O)CS. The first-order valence-corrected chi connectivity index (χ1v) is 6.47. The van der Waals surface area contributed by atoms with Gasteiger partial charge in [-0.05, 0) is 12.8 Å². The highest BCUT2D eigenvalue weighted by Gasteiger charge is 2.19. The summed E-state index contributed by atoms with van der Waals surface area (Å²) in [4.78, 5) is 18.6. The maximum absolute atomic E-state index is 9.29. The molecule has 0 aromatic carbocycles. The van der Waals surface area contributed by atoms with E-state index in [-0.39, 0.29) is 18.1 Å². The maximum atomic E-state index is 9.29. The van der Waals surface area contributed by atoms with E-state index in [9.17, 15) is 14.7 Å². The molecule has 0 unspecified atom stereocenters. The van der Waals surface area contributed by atoms with Gasteiger partial charge in [-0.1, -0.05) is 13.8 Å². The Morgan fingerprint density at radius 1 is 1.00 bits per heavy atom. The van der Waals surface area contributed by atoms with Crippen molar-refractivity contribution < 1.29 is 30.0 Å². The highest BCUT2D eigenvalue weighted by atomic mass is 32.1. The van der Waals surface area contributed by atoms with Crippen LogP contribution in [0.4, 0.5) is 0 Å². The van der Waals surface area contributed by atoms with Crippen molar-refractivity contribution in [2.45, 2.75) is 32.3 Å². The summed E-state index contributed by atoms with van der Waals surface area (Å²) in [6.07, 6.45) is 1.25. The second-order valence-corrected chi connectivity index (χ2v) is 3.83. The summed E-state index contributed by atoms with van der Waals surface area (Å²) in [6.45, 7) is 3.60. The van der Waals surface area contributed by atoms with E-state index in [0.29, 0.717) is 12.8 Å². The van der Waals surface area contributed by atoms with E-state index in [1.54, 1.807) is 0 Å². The Hall–Kier alpha value is -0.440. The van der Waals surface area contributed by atoms with Crippen LogP contribution in [0.2, 0.25) is 0 Å². The van der Waals surface area contributed by atoms with Crippen LogP contribution >= 0.6 is 25.3 Å². The minimum Gasteiger partial charge on any atom is -0.481 e. The highest BCUT2D eigenvalue weighted by Crippen LogP contribution is 2.11. The standard InChI is InChI=1S/C6H14O2.2C2H4O2S/c1-3-6(8,4-2)5-7;2*3-2(4)1-5/h7-8H,3-5H2,1-2H3;2*5H,1H2,(H,3,4). The van der Waals surface area contributed by atoms with Gasteiger partial charge >= 0.3 is 11.9 Å². The van der Waals surface area contributed by atoms with Crippen LogP contribution in [0.15, 0.2) is 0 Å². The number of hydrogen-bond donors (Lipinski definition) is 6. The zero-order valence-electron chi connectivity index (χ0n) is 10.5. The first-order valence-electron chi connectivity index (χ1n) is 5.21. The number of carbonyl (C=O) groups is 2. The molecule has 0 aromatic heterocycles. The fourth-order valence-electron chi connectivity index (χ4n) is 0.474. The van der Waals surface area contributed by atoms with Crippen molar-refractivity contribution in [3.05, 3.63) is 0 Å². The van der Waals surface area contributed by atoms with Gasteiger partial charge in [0.05, 0.1) is 23.7 Å². The Morgan fingerprint density at radius 3 is 1.22 bits per heavy atom. The Labute approximate surface area is 118 Å². The lowest BCUT2D eigenvalue weighted by Crippen LogP contribution is -2.30. The summed E-state index contributed by atoms with van der Waals surface area (Å²) >= 11 is 6.83. The predicted molar refractivity (Wildman–Crippen MR) is 75.6 cm³/mol. The topological polar surface area (TPSA) is 115 Å². The Bertz CT molecular complexity index is 196. The van der Waals surface area contributed by atoms with E-state index < -0.39 is 17.5 Å². The fraction of sp³-hybridized carbons (Fsp3) is 0.800. The van der Waals surface area contributed by atoms with Crippen LogP contribution in [-0.4, -0.2) is 56.1 Å². The van der Waals surface area contributed by atoms with Crippen molar-refractivity contribution in [1.29, 1.82) is 0 Å². The monoisotopic (exact) mass is 302 g/mol. The highest BCUT2D eigenvalue weighted by molar-refractivity contribution is 7.81. The number of aliphatic hydroxyl groups is 2. The predicted octanol–water partition coefficient (Wildman–Crippen LogP) is 0.531. The largest absolute Gasteiger partial charge is 0.481 e. The molecule has 0 rings (SSSR count). The number of aliphatic carboxylic acids is 2. The van der Waals surface area contributed by atoms with Gasteiger partial charge in [-0.2, -0.15) is 25.3 Å². The quantitative estimate of drug-likeness (QED) is 0.413. The molecule has 0 atom stereocenters. The van der Waals surface area contributed by atoms with Gasteiger partial charge < -0.3 is 20.4 Å². The molecule has 0 aliphatic heterocycles. The number of carboxylic acids is 2. The second kappa shape index (κ2) is 14.6. The van der Waals surface area contributed by atoms with Gasteiger partial charge in [0, 0.05) is 0 Å². The molecule has 6 nitrogen and oxygen atoms in total. The molecule has 0 radical (unpaired) electrons. The van der Waals surface area contributed by atoms with Gasteiger partial charge in [-0.3, -0.25) is 9.59 Å². The van der Waals surface area contributed by atoms with Crippen molar-refractivity contribution >= 4 is 37.2 Å². The van der Waals surface area contributed by atoms with Crippen LogP contribution in [0.25, 0.3) is 0 Å². The van der Waals surface area contributed by atoms with Crippen LogP contribution < -0.4 is 0 Å². The number of rotatable bonds is 5. The van der Waals surface area contributed by atoms with Crippen LogP contribution in [0, 0.1) is 0 Å². The Balaban J connectivity index is -0.000000197. The van der Waals surface area contributed by atoms with Gasteiger partial charge in [0.1, 0.15) is 0 Å². The molecule has 0 fully saturated rings. The summed E-state index contributed by atoms with van der Waals surface area (Å²) in [7, 11) is 0. The summed E-state index contributed by atoms with van der Waals surface area (Å²) in [6, 6.07) is 0. The lowest BCUT2D eigenvalue weighted by molar-refractivity contribution is -0.134. The van der Waals surface area contributed by atoms with Gasteiger partial charge in [0.2, 0.25) is 0 Å². The van der Waals surface area contributed by atoms with E-state index in [1.807, 2.05) is 13.8 Å². The molecule has 0 saturated carbocycles. The number of carboxylic acid groups (broad SMARTS) is 2. The van der Waals surface area contributed by atoms with Gasteiger partial charge in [0.25, 0.3) is 0 Å². The average molecular weight is 302 g/mol. The minimum atomic E-state index is -0.881. The van der Waals surface area contributed by atoms with Crippen molar-refractivity contribution in [2.24, 2.45) is 0 Å². The second-order valence-electron chi connectivity index (χ2n) is 3.19. The zero-order valence-corrected chi connectivity index (χ0v) is 12.3. The molecule has 0 heterocycles. The van der Waals surface area contributed by atoms with E-state index in [0.717, 1.165) is 0 Å². The first kappa shape index (κ1) is 22.7. The molecule has 110 valence electrons. The van der Waals surface area contributed by atoms with E-state index in [2.05, 4.69) is 25.3 Å². The van der Waals surface area contributed by atoms with Gasteiger partial charge in [-0.15, -0.1) is 0 Å². The third kappa shape index (κ3) is 20.9. The first-order chi connectivity index (χ1) is 8.22. The summed E-state index contributed by atoms with van der Waals surface area (Å²) in [5.41, 5.74) is -0.819. The molecule has 0 aliphatic rings. The lowest BCUT2D eigenvalue weighted by Gasteiger charge is -2.21. The molecular formula is C10H22O6S2. The minimum absolute atomic E-state index is 0.0833.